The molecule has 1 fully saturated rings. The summed E-state index contributed by atoms with van der Waals surface area (Å²) in [6.45, 7) is 8.17. The highest BCUT2D eigenvalue weighted by molar-refractivity contribution is 5.43. The number of hydrogen-bond acceptors (Lipinski definition) is 6. The van der Waals surface area contributed by atoms with Crippen LogP contribution in [0.3, 0.4) is 0 Å². The maximum absolute atomic E-state index is 4.63. The molecule has 0 amide bonds. The van der Waals surface area contributed by atoms with Gasteiger partial charge >= 0.3 is 0 Å². The number of aryl methyl sites for hydroxylation is 3. The van der Waals surface area contributed by atoms with E-state index in [9.17, 15) is 0 Å². The molecule has 1 unspecified atom stereocenters. The van der Waals surface area contributed by atoms with Crippen LogP contribution in [0.15, 0.2) is 18.7 Å². The molecule has 0 aliphatic carbocycles. The molecule has 7 nitrogen and oxygen atoms in total. The summed E-state index contributed by atoms with van der Waals surface area (Å²) >= 11 is 0. The maximum atomic E-state index is 4.63. The molecule has 0 radical (unpaired) electrons. The lowest BCUT2D eigenvalue weighted by atomic mass is 9.96. The summed E-state index contributed by atoms with van der Waals surface area (Å²) < 4.78 is 1.87. The minimum atomic E-state index is 0.603. The molecular formula is C17H21N7. The van der Waals surface area contributed by atoms with E-state index in [1.807, 2.05) is 23.8 Å². The summed E-state index contributed by atoms with van der Waals surface area (Å²) in [5, 5.41) is 4.47. The van der Waals surface area contributed by atoms with E-state index in [0.29, 0.717) is 11.7 Å². The van der Waals surface area contributed by atoms with Crippen LogP contribution in [0.4, 0.5) is 5.69 Å². The SMILES string of the molecule is Cc1nc2nc(C)c(CC3CCN(c4cncnc4)C3)c(C)n2n1. The van der Waals surface area contributed by atoms with Gasteiger partial charge in [0.1, 0.15) is 12.2 Å². The third-order valence-electron chi connectivity index (χ3n) is 4.85. The van der Waals surface area contributed by atoms with Crippen molar-refractivity contribution in [1.82, 2.24) is 29.5 Å². The molecule has 0 aromatic carbocycles. The van der Waals surface area contributed by atoms with Crippen molar-refractivity contribution in [2.45, 2.75) is 33.6 Å². The Labute approximate surface area is 140 Å². The van der Waals surface area contributed by atoms with Crippen LogP contribution < -0.4 is 4.90 Å². The average Bonchev–Trinajstić information content (AvgIpc) is 3.19. The van der Waals surface area contributed by atoms with Crippen LogP contribution in [0.2, 0.25) is 0 Å². The fraction of sp³-hybridized carbons (Fsp3) is 0.471. The van der Waals surface area contributed by atoms with Gasteiger partial charge in [-0.05, 0) is 45.1 Å². The van der Waals surface area contributed by atoms with E-state index >= 15 is 0 Å². The van der Waals surface area contributed by atoms with Crippen LogP contribution in [-0.4, -0.2) is 42.6 Å². The smallest absolute Gasteiger partial charge is 0.252 e. The number of anilines is 1. The second kappa shape index (κ2) is 5.81. The van der Waals surface area contributed by atoms with Gasteiger partial charge in [-0.15, -0.1) is 0 Å². The number of hydrogen-bond donors (Lipinski definition) is 0. The largest absolute Gasteiger partial charge is 0.369 e. The lowest BCUT2D eigenvalue weighted by Crippen LogP contribution is -2.21. The predicted octanol–water partition coefficient (Wildman–Crippen LogP) is 1.91. The number of rotatable bonds is 3. The van der Waals surface area contributed by atoms with Crippen molar-refractivity contribution in [1.29, 1.82) is 0 Å². The van der Waals surface area contributed by atoms with E-state index in [0.717, 1.165) is 42.4 Å². The van der Waals surface area contributed by atoms with E-state index in [4.69, 9.17) is 0 Å². The van der Waals surface area contributed by atoms with E-state index in [2.05, 4.69) is 43.8 Å². The van der Waals surface area contributed by atoms with Gasteiger partial charge in [0.2, 0.25) is 0 Å². The Hall–Kier alpha value is -2.57. The van der Waals surface area contributed by atoms with Gasteiger partial charge in [0.15, 0.2) is 0 Å². The summed E-state index contributed by atoms with van der Waals surface area (Å²) in [6, 6.07) is 0. The zero-order valence-electron chi connectivity index (χ0n) is 14.3. The highest BCUT2D eigenvalue weighted by Gasteiger charge is 2.25. The number of aromatic nitrogens is 6. The first-order valence-corrected chi connectivity index (χ1v) is 8.31. The zero-order chi connectivity index (χ0) is 16.7. The first kappa shape index (κ1) is 15.0. The van der Waals surface area contributed by atoms with Crippen molar-refractivity contribution in [2.24, 2.45) is 5.92 Å². The zero-order valence-corrected chi connectivity index (χ0v) is 14.3. The van der Waals surface area contributed by atoms with Crippen LogP contribution >= 0.6 is 0 Å². The Morgan fingerprint density at radius 2 is 1.92 bits per heavy atom. The standard InChI is InChI=1S/C17H21N7/c1-11-16(12(2)24-17(20-11)21-13(3)22-24)6-14-4-5-23(9-14)15-7-18-10-19-8-15/h7-8,10,14H,4-6,9H2,1-3H3. The summed E-state index contributed by atoms with van der Waals surface area (Å²) in [7, 11) is 0. The maximum Gasteiger partial charge on any atom is 0.252 e. The van der Waals surface area contributed by atoms with Crippen molar-refractivity contribution in [3.05, 3.63) is 41.5 Å². The molecule has 0 bridgehead atoms. The third-order valence-corrected chi connectivity index (χ3v) is 4.85. The van der Waals surface area contributed by atoms with Gasteiger partial charge in [-0.1, -0.05) is 0 Å². The van der Waals surface area contributed by atoms with Crippen molar-refractivity contribution in [3.63, 3.8) is 0 Å². The molecule has 0 N–H and O–H groups in total. The first-order valence-electron chi connectivity index (χ1n) is 8.31. The Morgan fingerprint density at radius 3 is 2.71 bits per heavy atom. The van der Waals surface area contributed by atoms with Crippen LogP contribution in [0.25, 0.3) is 5.78 Å². The quantitative estimate of drug-likeness (QED) is 0.733. The Kier molecular flexibility index (Phi) is 3.63. The monoisotopic (exact) mass is 323 g/mol. The Bertz CT molecular complexity index is 872. The molecule has 1 aliphatic heterocycles. The number of fused-ring (bicyclic) bond motifs is 1. The molecule has 1 saturated heterocycles. The van der Waals surface area contributed by atoms with Gasteiger partial charge in [-0.3, -0.25) is 0 Å². The van der Waals surface area contributed by atoms with Gasteiger partial charge in [-0.25, -0.2) is 19.5 Å². The lowest BCUT2D eigenvalue weighted by molar-refractivity contribution is 0.577. The molecule has 0 spiro atoms. The minimum Gasteiger partial charge on any atom is -0.369 e. The molecular weight excluding hydrogens is 302 g/mol. The molecule has 4 heterocycles. The van der Waals surface area contributed by atoms with Crippen LogP contribution in [0.5, 0.6) is 0 Å². The van der Waals surface area contributed by atoms with Crippen molar-refractivity contribution in [3.8, 4) is 0 Å². The van der Waals surface area contributed by atoms with E-state index in [-0.39, 0.29) is 0 Å². The Balaban J connectivity index is 1.57. The highest BCUT2D eigenvalue weighted by atomic mass is 15.3. The van der Waals surface area contributed by atoms with Crippen LogP contribution in [-0.2, 0) is 6.42 Å². The summed E-state index contributed by atoms with van der Waals surface area (Å²) in [5.74, 6) is 2.06. The van der Waals surface area contributed by atoms with E-state index in [1.54, 1.807) is 6.33 Å². The second-order valence-corrected chi connectivity index (χ2v) is 6.53. The topological polar surface area (TPSA) is 72.1 Å². The molecule has 0 saturated carbocycles. The van der Waals surface area contributed by atoms with Crippen molar-refractivity contribution in [2.75, 3.05) is 18.0 Å². The molecule has 3 aromatic rings. The van der Waals surface area contributed by atoms with Crippen molar-refractivity contribution >= 4 is 11.5 Å². The normalized spacial score (nSPS) is 17.8. The minimum absolute atomic E-state index is 0.603. The molecule has 1 aliphatic rings. The summed E-state index contributed by atoms with van der Waals surface area (Å²) in [5.41, 5.74) is 4.62. The van der Waals surface area contributed by atoms with Crippen LogP contribution in [0, 0.1) is 26.7 Å². The average molecular weight is 323 g/mol. The lowest BCUT2D eigenvalue weighted by Gasteiger charge is -2.18. The van der Waals surface area contributed by atoms with Crippen LogP contribution in [0.1, 0.15) is 29.2 Å². The fourth-order valence-electron chi connectivity index (χ4n) is 3.58. The number of nitrogens with zero attached hydrogens (tertiary/aromatic N) is 7. The summed E-state index contributed by atoms with van der Waals surface area (Å²) in [6.07, 6.45) is 7.53. The fourth-order valence-corrected chi connectivity index (χ4v) is 3.58. The van der Waals surface area contributed by atoms with Crippen molar-refractivity contribution < 1.29 is 0 Å². The molecule has 1 atom stereocenters. The van der Waals surface area contributed by atoms with E-state index < -0.39 is 0 Å². The molecule has 24 heavy (non-hydrogen) atoms. The van der Waals surface area contributed by atoms with Gasteiger partial charge in [0.05, 0.1) is 18.1 Å². The molecule has 124 valence electrons. The van der Waals surface area contributed by atoms with Gasteiger partial charge in [0, 0.05) is 24.5 Å². The second-order valence-electron chi connectivity index (χ2n) is 6.53. The summed E-state index contributed by atoms with van der Waals surface area (Å²) in [4.78, 5) is 19.6. The highest BCUT2D eigenvalue weighted by Crippen LogP contribution is 2.27. The third kappa shape index (κ3) is 2.60. The van der Waals surface area contributed by atoms with Gasteiger partial charge < -0.3 is 4.90 Å². The van der Waals surface area contributed by atoms with Gasteiger partial charge in [-0.2, -0.15) is 10.1 Å². The Morgan fingerprint density at radius 1 is 1.12 bits per heavy atom. The molecule has 4 rings (SSSR count). The molecule has 7 heteroatoms. The molecule has 3 aromatic heterocycles. The first-order chi connectivity index (χ1) is 11.6. The van der Waals surface area contributed by atoms with E-state index in [1.165, 1.54) is 12.0 Å². The van der Waals surface area contributed by atoms with Gasteiger partial charge in [0.25, 0.3) is 5.78 Å². The predicted molar refractivity (Wildman–Crippen MR) is 91.0 cm³/mol.